The first kappa shape index (κ1) is 19.9. The van der Waals surface area contributed by atoms with Gasteiger partial charge in [-0.1, -0.05) is 23.7 Å². The number of amides is 3. The molecule has 1 aliphatic rings. The molecule has 2 N–H and O–H groups in total. The monoisotopic (exact) mass is 403 g/mol. The highest BCUT2D eigenvalue weighted by Crippen LogP contribution is 2.19. The zero-order valence-corrected chi connectivity index (χ0v) is 16.1. The normalized spacial score (nSPS) is 14.5. The van der Waals surface area contributed by atoms with Crippen molar-refractivity contribution < 1.29 is 18.8 Å². The summed E-state index contributed by atoms with van der Waals surface area (Å²) in [5, 5.41) is 5.97. The lowest BCUT2D eigenvalue weighted by atomic mass is 9.95. The average Bonchev–Trinajstić information content (AvgIpc) is 3.25. The number of nitrogens with zero attached hydrogens (tertiary/aromatic N) is 1. The second kappa shape index (κ2) is 9.41. The average molecular weight is 404 g/mol. The van der Waals surface area contributed by atoms with E-state index in [-0.39, 0.29) is 23.6 Å². The van der Waals surface area contributed by atoms with E-state index in [9.17, 15) is 14.4 Å². The van der Waals surface area contributed by atoms with Gasteiger partial charge in [0.05, 0.1) is 22.4 Å². The van der Waals surface area contributed by atoms with Crippen molar-refractivity contribution in [3.05, 3.63) is 59.0 Å². The Morgan fingerprint density at radius 3 is 2.46 bits per heavy atom. The van der Waals surface area contributed by atoms with E-state index in [1.165, 1.54) is 12.5 Å². The largest absolute Gasteiger partial charge is 0.472 e. The van der Waals surface area contributed by atoms with Crippen molar-refractivity contribution in [1.29, 1.82) is 0 Å². The third kappa shape index (κ3) is 4.92. The van der Waals surface area contributed by atoms with Crippen LogP contribution in [0.3, 0.4) is 0 Å². The molecule has 1 fully saturated rings. The highest BCUT2D eigenvalue weighted by Gasteiger charge is 2.27. The molecule has 2 aromatic rings. The topological polar surface area (TPSA) is 91.7 Å². The van der Waals surface area contributed by atoms with Gasteiger partial charge in [0.1, 0.15) is 6.26 Å². The van der Waals surface area contributed by atoms with Crippen molar-refractivity contribution >= 4 is 29.3 Å². The Labute approximate surface area is 168 Å². The summed E-state index contributed by atoms with van der Waals surface area (Å²) in [5.74, 6) is -0.532. The van der Waals surface area contributed by atoms with E-state index >= 15 is 0 Å². The summed E-state index contributed by atoms with van der Waals surface area (Å²) in [5.41, 5.74) is 0.933. The highest BCUT2D eigenvalue weighted by atomic mass is 35.5. The molecule has 0 atom stereocenters. The van der Waals surface area contributed by atoms with Gasteiger partial charge < -0.3 is 20.0 Å². The number of halogens is 1. The number of furan rings is 1. The predicted octanol–water partition coefficient (Wildman–Crippen LogP) is 2.33. The van der Waals surface area contributed by atoms with Crippen LogP contribution in [0.4, 0.5) is 0 Å². The van der Waals surface area contributed by atoms with Gasteiger partial charge in [0, 0.05) is 32.1 Å². The van der Waals surface area contributed by atoms with Crippen LogP contribution in [0.25, 0.3) is 0 Å². The lowest BCUT2D eigenvalue weighted by Crippen LogP contribution is -2.44. The molecule has 3 amide bonds. The van der Waals surface area contributed by atoms with Crippen molar-refractivity contribution in [2.24, 2.45) is 5.92 Å². The summed E-state index contributed by atoms with van der Waals surface area (Å²) in [7, 11) is 0. The first-order valence-corrected chi connectivity index (χ1v) is 9.56. The zero-order chi connectivity index (χ0) is 19.9. The minimum absolute atomic E-state index is 0.0533. The van der Waals surface area contributed by atoms with E-state index in [1.54, 1.807) is 35.2 Å². The zero-order valence-electron chi connectivity index (χ0n) is 15.3. The maximum atomic E-state index is 12.3. The number of likely N-dealkylation sites (tertiary alicyclic amines) is 1. The molecule has 8 heteroatoms. The Bertz CT molecular complexity index is 830. The fourth-order valence-corrected chi connectivity index (χ4v) is 3.38. The number of piperidine rings is 1. The molecule has 1 saturated heterocycles. The fourth-order valence-electron chi connectivity index (χ4n) is 3.16. The maximum Gasteiger partial charge on any atom is 0.257 e. The Hall–Kier alpha value is -2.80. The molecular weight excluding hydrogens is 382 g/mol. The van der Waals surface area contributed by atoms with Crippen LogP contribution in [0, 0.1) is 5.92 Å². The molecular formula is C20H22ClN3O4. The van der Waals surface area contributed by atoms with E-state index in [0.717, 1.165) is 0 Å². The first-order valence-electron chi connectivity index (χ1n) is 9.18. The van der Waals surface area contributed by atoms with Gasteiger partial charge in [-0.3, -0.25) is 14.4 Å². The quantitative estimate of drug-likeness (QED) is 0.724. The van der Waals surface area contributed by atoms with Crippen LogP contribution in [0.5, 0.6) is 0 Å². The van der Waals surface area contributed by atoms with Crippen LogP contribution in [-0.2, 0) is 4.79 Å². The van der Waals surface area contributed by atoms with Gasteiger partial charge in [-0.15, -0.1) is 0 Å². The minimum Gasteiger partial charge on any atom is -0.472 e. The predicted molar refractivity (Wildman–Crippen MR) is 104 cm³/mol. The van der Waals surface area contributed by atoms with E-state index < -0.39 is 0 Å². The van der Waals surface area contributed by atoms with Gasteiger partial charge in [0.2, 0.25) is 5.91 Å². The Morgan fingerprint density at radius 2 is 1.79 bits per heavy atom. The molecule has 0 aliphatic carbocycles. The van der Waals surface area contributed by atoms with E-state index in [4.69, 9.17) is 16.0 Å². The Kier molecular flexibility index (Phi) is 6.71. The number of benzene rings is 1. The summed E-state index contributed by atoms with van der Waals surface area (Å²) in [4.78, 5) is 38.4. The summed E-state index contributed by atoms with van der Waals surface area (Å²) < 4.78 is 4.94. The number of carbonyl (C=O) groups is 3. The molecule has 0 saturated carbocycles. The van der Waals surface area contributed by atoms with Crippen LogP contribution in [0.1, 0.15) is 33.6 Å². The van der Waals surface area contributed by atoms with Crippen LogP contribution in [-0.4, -0.2) is 48.8 Å². The van der Waals surface area contributed by atoms with E-state index in [0.29, 0.717) is 55.2 Å². The summed E-state index contributed by atoms with van der Waals surface area (Å²) >= 11 is 5.99. The molecule has 1 aliphatic heterocycles. The summed E-state index contributed by atoms with van der Waals surface area (Å²) in [6, 6.07) is 8.44. The van der Waals surface area contributed by atoms with Gasteiger partial charge in [0.25, 0.3) is 11.8 Å². The maximum absolute atomic E-state index is 12.3. The van der Waals surface area contributed by atoms with Crippen molar-refractivity contribution in [2.75, 3.05) is 26.2 Å². The van der Waals surface area contributed by atoms with Crippen LogP contribution < -0.4 is 10.6 Å². The molecule has 0 bridgehead atoms. The minimum atomic E-state index is -0.272. The number of hydrogen-bond donors (Lipinski definition) is 2. The first-order chi connectivity index (χ1) is 13.6. The number of nitrogens with one attached hydrogen (secondary N) is 2. The van der Waals surface area contributed by atoms with Crippen LogP contribution in [0.15, 0.2) is 47.3 Å². The van der Waals surface area contributed by atoms with Gasteiger partial charge in [0.15, 0.2) is 0 Å². The second-order valence-electron chi connectivity index (χ2n) is 6.61. The van der Waals surface area contributed by atoms with Crippen molar-refractivity contribution in [1.82, 2.24) is 15.5 Å². The smallest absolute Gasteiger partial charge is 0.257 e. The molecule has 7 nitrogen and oxygen atoms in total. The molecule has 1 aromatic heterocycles. The summed E-state index contributed by atoms with van der Waals surface area (Å²) in [6.45, 7) is 1.72. The van der Waals surface area contributed by atoms with E-state index in [2.05, 4.69) is 10.6 Å². The second-order valence-corrected chi connectivity index (χ2v) is 7.01. The van der Waals surface area contributed by atoms with Crippen molar-refractivity contribution in [2.45, 2.75) is 12.8 Å². The van der Waals surface area contributed by atoms with Gasteiger partial charge in [-0.25, -0.2) is 0 Å². The molecule has 3 rings (SSSR count). The molecule has 0 spiro atoms. The van der Waals surface area contributed by atoms with Gasteiger partial charge >= 0.3 is 0 Å². The third-order valence-electron chi connectivity index (χ3n) is 4.75. The van der Waals surface area contributed by atoms with Crippen molar-refractivity contribution in [3.63, 3.8) is 0 Å². The van der Waals surface area contributed by atoms with Crippen LogP contribution in [0.2, 0.25) is 5.02 Å². The van der Waals surface area contributed by atoms with Gasteiger partial charge in [-0.05, 0) is 31.0 Å². The lowest BCUT2D eigenvalue weighted by molar-refractivity contribution is -0.126. The number of carbonyl (C=O) groups excluding carboxylic acids is 3. The molecule has 0 radical (unpaired) electrons. The number of hydrogen-bond acceptors (Lipinski definition) is 4. The molecule has 148 valence electrons. The number of rotatable bonds is 6. The molecule has 0 unspecified atom stereocenters. The fraction of sp³-hybridized carbons (Fsp3) is 0.350. The molecule has 1 aromatic carbocycles. The molecule has 28 heavy (non-hydrogen) atoms. The summed E-state index contributed by atoms with van der Waals surface area (Å²) in [6.07, 6.45) is 4.12. The SMILES string of the molecule is O=C(NCCNC(=O)C1CCN(C(=O)c2ccoc2)CC1)c1ccccc1Cl. The van der Waals surface area contributed by atoms with Crippen molar-refractivity contribution in [3.8, 4) is 0 Å². The Balaban J connectivity index is 1.36. The van der Waals surface area contributed by atoms with Gasteiger partial charge in [-0.2, -0.15) is 0 Å². The Morgan fingerprint density at radius 1 is 1.07 bits per heavy atom. The van der Waals surface area contributed by atoms with Crippen LogP contribution >= 0.6 is 11.6 Å². The third-order valence-corrected chi connectivity index (χ3v) is 5.08. The van der Waals surface area contributed by atoms with E-state index in [1.807, 2.05) is 0 Å². The molecule has 2 heterocycles. The highest BCUT2D eigenvalue weighted by molar-refractivity contribution is 6.33. The standard InChI is InChI=1S/C20H22ClN3O4/c21-17-4-2-1-3-16(17)19(26)23-9-8-22-18(25)14-5-10-24(11-6-14)20(27)15-7-12-28-13-15/h1-4,7,12-14H,5-6,8-11H2,(H,22,25)(H,23,26). The lowest BCUT2D eigenvalue weighted by Gasteiger charge is -2.31.